The summed E-state index contributed by atoms with van der Waals surface area (Å²) < 4.78 is 0.454. The first-order chi connectivity index (χ1) is 10.6. The Bertz CT molecular complexity index is 825. The Morgan fingerprint density at radius 1 is 1.09 bits per heavy atom. The summed E-state index contributed by atoms with van der Waals surface area (Å²) in [7, 11) is 0. The first kappa shape index (κ1) is 18.7. The highest BCUT2D eigenvalue weighted by molar-refractivity contribution is 8.02. The minimum Gasteiger partial charge on any atom is -0.268 e. The molecular weight excluding hydrogens is 402 g/mol. The topological polar surface area (TPSA) is 44.0 Å². The van der Waals surface area contributed by atoms with Gasteiger partial charge in [0, 0.05) is 24.2 Å². The maximum atomic E-state index is 12.7. The number of nitrogens with zero attached hydrogens (tertiary/aromatic N) is 2. The number of alkyl halides is 4. The summed E-state index contributed by atoms with van der Waals surface area (Å²) in [5.41, 5.74) is 1.30. The van der Waals surface area contributed by atoms with Crippen LogP contribution in [0.3, 0.4) is 0 Å². The van der Waals surface area contributed by atoms with Crippen molar-refractivity contribution < 1.29 is 0 Å². The van der Waals surface area contributed by atoms with Crippen LogP contribution < -0.4 is 11.2 Å². The molecule has 0 aliphatic carbocycles. The quantitative estimate of drug-likeness (QED) is 0.710. The fraction of sp³-hybridized carbons (Fsp3) is 0.286. The van der Waals surface area contributed by atoms with E-state index in [2.05, 4.69) is 0 Å². The van der Waals surface area contributed by atoms with Gasteiger partial charge in [-0.3, -0.25) is 9.36 Å². The molecule has 0 radical (unpaired) electrons. The molecule has 0 saturated carbocycles. The highest BCUT2D eigenvalue weighted by atomic mass is 35.5. The number of aromatic nitrogens is 2. The van der Waals surface area contributed by atoms with Crippen LogP contribution in [0.5, 0.6) is 0 Å². The second-order valence-electron chi connectivity index (χ2n) is 4.80. The van der Waals surface area contributed by atoms with Crippen LogP contribution in [0.2, 0.25) is 0 Å². The molecular formula is C14H12Cl4N2O2S. The maximum Gasteiger partial charge on any atom is 0.346 e. The number of rotatable bonds is 4. The van der Waals surface area contributed by atoms with Crippen molar-refractivity contribution in [2.24, 2.45) is 0 Å². The van der Waals surface area contributed by atoms with Crippen LogP contribution in [-0.2, 0) is 0 Å². The van der Waals surface area contributed by atoms with Gasteiger partial charge < -0.3 is 0 Å². The monoisotopic (exact) mass is 412 g/mol. The van der Waals surface area contributed by atoms with Crippen LogP contribution in [-0.4, -0.2) is 17.0 Å². The molecule has 1 aromatic heterocycles. The van der Waals surface area contributed by atoms with E-state index in [1.807, 2.05) is 32.0 Å². The molecule has 0 unspecified atom stereocenters. The van der Waals surface area contributed by atoms with E-state index in [1.165, 1.54) is 16.8 Å². The Hall–Kier alpha value is -0.590. The van der Waals surface area contributed by atoms with Crippen LogP contribution in [0.4, 0.5) is 0 Å². The molecule has 0 fully saturated rings. The smallest absolute Gasteiger partial charge is 0.268 e. The molecule has 0 amide bonds. The first-order valence-electron chi connectivity index (χ1n) is 6.42. The predicted octanol–water partition coefficient (Wildman–Crippen LogP) is 4.05. The fourth-order valence-corrected chi connectivity index (χ4v) is 3.36. The van der Waals surface area contributed by atoms with E-state index in [1.54, 1.807) is 0 Å². The molecule has 4 nitrogen and oxygen atoms in total. The predicted molar refractivity (Wildman–Crippen MR) is 98.7 cm³/mol. The van der Waals surface area contributed by atoms with Crippen molar-refractivity contribution in [1.29, 1.82) is 0 Å². The highest BCUT2D eigenvalue weighted by Crippen LogP contribution is 2.42. The molecule has 0 N–H and O–H groups in total. The third kappa shape index (κ3) is 3.91. The lowest BCUT2D eigenvalue weighted by Gasteiger charge is -2.20. The molecule has 1 aromatic carbocycles. The molecule has 0 spiro atoms. The van der Waals surface area contributed by atoms with Crippen LogP contribution >= 0.6 is 58.4 Å². The second kappa shape index (κ2) is 7.11. The maximum absolute atomic E-state index is 12.7. The van der Waals surface area contributed by atoms with Crippen molar-refractivity contribution in [3.63, 3.8) is 0 Å². The van der Waals surface area contributed by atoms with Gasteiger partial charge in [-0.2, -0.15) is 3.97 Å². The Labute approximate surface area is 157 Å². The molecule has 124 valence electrons. The molecule has 2 aromatic rings. The Morgan fingerprint density at radius 2 is 1.65 bits per heavy atom. The van der Waals surface area contributed by atoms with Gasteiger partial charge in [-0.1, -0.05) is 41.4 Å². The number of hydrogen-bond donors (Lipinski definition) is 0. The van der Waals surface area contributed by atoms with Crippen LogP contribution in [0, 0.1) is 13.8 Å². The molecule has 1 heterocycles. The van der Waals surface area contributed by atoms with Gasteiger partial charge in [0.05, 0.1) is 5.69 Å². The lowest BCUT2D eigenvalue weighted by atomic mass is 10.1. The van der Waals surface area contributed by atoms with Crippen molar-refractivity contribution in [3.05, 3.63) is 62.4 Å². The Balaban J connectivity index is 2.65. The summed E-state index contributed by atoms with van der Waals surface area (Å²) in [6, 6.07) is 6.89. The number of aryl methyl sites for hydroxylation is 2. The zero-order valence-electron chi connectivity index (χ0n) is 12.1. The minimum atomic E-state index is -1.74. The third-order valence-electron chi connectivity index (χ3n) is 3.09. The summed E-state index contributed by atoms with van der Waals surface area (Å²) in [5, 5.41) is 0. The van der Waals surface area contributed by atoms with Crippen molar-refractivity contribution >= 4 is 58.4 Å². The summed E-state index contributed by atoms with van der Waals surface area (Å²) in [5.74, 6) is 0. The number of halogens is 4. The lowest BCUT2D eigenvalue weighted by molar-refractivity contribution is 0.850. The normalized spacial score (nSPS) is 12.0. The Morgan fingerprint density at radius 3 is 2.17 bits per heavy atom. The fourth-order valence-electron chi connectivity index (χ4n) is 2.06. The molecule has 0 saturated heterocycles. The zero-order valence-corrected chi connectivity index (χ0v) is 15.9. The molecule has 0 bridgehead atoms. The molecule has 0 aliphatic rings. The van der Waals surface area contributed by atoms with Gasteiger partial charge >= 0.3 is 5.69 Å². The standard InChI is InChI=1S/C14H12Cl4N2O2S/c1-8-4-3-5-9(2)11(8)19-7-6-10(21)20(13(19)22)23-14(17,18)12(15)16/h3-7,12H,1-2H3. The van der Waals surface area contributed by atoms with Crippen LogP contribution in [0.1, 0.15) is 11.1 Å². The van der Waals surface area contributed by atoms with E-state index in [0.29, 0.717) is 17.6 Å². The van der Waals surface area contributed by atoms with Gasteiger partial charge in [0.25, 0.3) is 5.56 Å². The number of benzene rings is 1. The van der Waals surface area contributed by atoms with Gasteiger partial charge in [-0.25, -0.2) is 4.79 Å². The van der Waals surface area contributed by atoms with Crippen molar-refractivity contribution in [2.75, 3.05) is 0 Å². The van der Waals surface area contributed by atoms with E-state index in [-0.39, 0.29) is 0 Å². The summed E-state index contributed by atoms with van der Waals surface area (Å²) in [6.07, 6.45) is 1.42. The average molecular weight is 414 g/mol. The summed E-state index contributed by atoms with van der Waals surface area (Å²) in [4.78, 5) is 23.5. The minimum absolute atomic E-state index is 0.566. The lowest BCUT2D eigenvalue weighted by Crippen LogP contribution is -2.38. The van der Waals surface area contributed by atoms with E-state index >= 15 is 0 Å². The molecule has 9 heteroatoms. The van der Waals surface area contributed by atoms with Crippen LogP contribution in [0.15, 0.2) is 40.1 Å². The Kier molecular flexibility index (Phi) is 5.80. The van der Waals surface area contributed by atoms with Gasteiger partial charge in [-0.15, -0.1) is 23.2 Å². The summed E-state index contributed by atoms with van der Waals surface area (Å²) in [6.45, 7) is 3.75. The van der Waals surface area contributed by atoms with Crippen molar-refractivity contribution in [3.8, 4) is 5.69 Å². The molecule has 0 aliphatic heterocycles. The van der Waals surface area contributed by atoms with E-state index in [9.17, 15) is 9.59 Å². The van der Waals surface area contributed by atoms with Crippen molar-refractivity contribution in [2.45, 2.75) is 22.3 Å². The third-order valence-corrected chi connectivity index (χ3v) is 6.30. The van der Waals surface area contributed by atoms with E-state index in [4.69, 9.17) is 46.4 Å². The number of para-hydroxylation sites is 1. The molecule has 2 rings (SSSR count). The molecule has 23 heavy (non-hydrogen) atoms. The largest absolute Gasteiger partial charge is 0.346 e. The van der Waals surface area contributed by atoms with Gasteiger partial charge in [0.15, 0.2) is 4.84 Å². The SMILES string of the molecule is Cc1cccc(C)c1-n1ccc(=O)n(SC(Cl)(Cl)C(Cl)Cl)c1=O. The van der Waals surface area contributed by atoms with E-state index in [0.717, 1.165) is 15.1 Å². The summed E-state index contributed by atoms with van der Waals surface area (Å²) >= 11 is 23.9. The molecule has 0 atom stereocenters. The van der Waals surface area contributed by atoms with Gasteiger partial charge in [0.1, 0.15) is 0 Å². The first-order valence-corrected chi connectivity index (χ1v) is 8.82. The second-order valence-corrected chi connectivity index (χ2v) is 8.92. The van der Waals surface area contributed by atoms with Gasteiger partial charge in [-0.05, 0) is 25.0 Å². The van der Waals surface area contributed by atoms with Gasteiger partial charge in [0.2, 0.25) is 3.67 Å². The van der Waals surface area contributed by atoms with Crippen LogP contribution in [0.25, 0.3) is 5.69 Å². The average Bonchev–Trinajstić information content (AvgIpc) is 2.45. The van der Waals surface area contributed by atoms with Crippen molar-refractivity contribution in [1.82, 2.24) is 8.54 Å². The van der Waals surface area contributed by atoms with E-state index < -0.39 is 19.8 Å². The highest BCUT2D eigenvalue weighted by Gasteiger charge is 2.35. The zero-order chi connectivity index (χ0) is 17.4. The number of hydrogen-bond acceptors (Lipinski definition) is 3.